The molecule has 6 nitrogen and oxygen atoms in total. The van der Waals surface area contributed by atoms with Crippen LogP contribution in [0.5, 0.6) is 0 Å². The van der Waals surface area contributed by atoms with Crippen molar-refractivity contribution in [3.8, 4) is 0 Å². The summed E-state index contributed by atoms with van der Waals surface area (Å²) in [7, 11) is 0. The number of urea groups is 1. The number of amides is 3. The van der Waals surface area contributed by atoms with Crippen LogP contribution < -0.4 is 11.1 Å². The number of nitrogens with one attached hydrogen (secondary N) is 1. The third-order valence-corrected chi connectivity index (χ3v) is 2.82. The Labute approximate surface area is 126 Å². The van der Waals surface area contributed by atoms with Crippen molar-refractivity contribution in [2.75, 3.05) is 18.4 Å². The quantitative estimate of drug-likeness (QED) is 0.808. The smallest absolute Gasteiger partial charge is 0.366 e. The Balaban J connectivity index is 2.16. The van der Waals surface area contributed by atoms with Crippen LogP contribution in [-0.4, -0.2) is 42.1 Å². The van der Waals surface area contributed by atoms with Crippen molar-refractivity contribution in [2.45, 2.75) is 12.2 Å². The molecule has 1 aliphatic heterocycles. The fourth-order valence-electron chi connectivity index (χ4n) is 1.92. The van der Waals surface area contributed by atoms with Crippen LogP contribution in [-0.2, 0) is 4.74 Å². The molecule has 11 heteroatoms. The zero-order valence-corrected chi connectivity index (χ0v) is 11.3. The van der Waals surface area contributed by atoms with E-state index in [0.29, 0.717) is 0 Å². The molecule has 0 bridgehead atoms. The first-order chi connectivity index (χ1) is 10.5. The van der Waals surface area contributed by atoms with Crippen LogP contribution in [0.1, 0.15) is 10.4 Å². The molecule has 3 N–H and O–H groups in total. The molecule has 0 aromatic heterocycles. The van der Waals surface area contributed by atoms with Crippen LogP contribution in [0.4, 0.5) is 32.4 Å². The molecule has 1 aromatic carbocycles. The van der Waals surface area contributed by atoms with Gasteiger partial charge >= 0.3 is 18.2 Å². The summed E-state index contributed by atoms with van der Waals surface area (Å²) in [6, 6.07) is 1.37. The molecule has 0 saturated carbocycles. The van der Waals surface area contributed by atoms with Crippen molar-refractivity contribution >= 4 is 17.6 Å². The predicted molar refractivity (Wildman–Crippen MR) is 66.5 cm³/mol. The lowest BCUT2D eigenvalue weighted by atomic mass is 10.2. The number of ether oxygens (including phenoxy) is 1. The van der Waals surface area contributed by atoms with Gasteiger partial charge in [-0.2, -0.15) is 17.6 Å². The first-order valence-corrected chi connectivity index (χ1v) is 6.10. The van der Waals surface area contributed by atoms with Crippen LogP contribution in [0.25, 0.3) is 0 Å². The van der Waals surface area contributed by atoms with E-state index in [2.05, 4.69) is 4.74 Å². The highest BCUT2D eigenvalue weighted by atomic mass is 19.3. The van der Waals surface area contributed by atoms with E-state index >= 15 is 0 Å². The number of halogens is 5. The molecular formula is C12H10F5N3O3. The van der Waals surface area contributed by atoms with Crippen LogP contribution in [0, 0.1) is 5.82 Å². The number of hydrogen-bond donors (Lipinski definition) is 2. The van der Waals surface area contributed by atoms with Gasteiger partial charge in [-0.15, -0.1) is 0 Å². The maximum Gasteiger partial charge on any atom is 0.377 e. The molecule has 1 aliphatic rings. The highest BCUT2D eigenvalue weighted by molar-refractivity contribution is 5.96. The number of alkyl halides is 4. The lowest BCUT2D eigenvalue weighted by molar-refractivity contribution is -0.399. The minimum Gasteiger partial charge on any atom is -0.366 e. The Kier molecular flexibility index (Phi) is 4.16. The van der Waals surface area contributed by atoms with Gasteiger partial charge < -0.3 is 16.0 Å². The standard InChI is InChI=1S/C12H10F5N3O3/c13-8-2-1-6(3-7(8)9(18)21)19-10(22)20-4-11(14,15)23-12(16,17)5-20/h1-3H,4-5H2,(H2,18,21)(H,19,22). The molecule has 2 rings (SSSR count). The molecule has 0 spiro atoms. The number of morpholine rings is 1. The molecule has 1 saturated heterocycles. The predicted octanol–water partition coefficient (Wildman–Crippen LogP) is 1.97. The topological polar surface area (TPSA) is 84.7 Å². The van der Waals surface area contributed by atoms with E-state index in [4.69, 9.17) is 5.73 Å². The highest BCUT2D eigenvalue weighted by Gasteiger charge is 2.52. The summed E-state index contributed by atoms with van der Waals surface area (Å²) in [5.74, 6) is -2.08. The number of nitrogens with zero attached hydrogens (tertiary/aromatic N) is 1. The second kappa shape index (κ2) is 5.65. The summed E-state index contributed by atoms with van der Waals surface area (Å²) in [6.45, 7) is -2.78. The molecule has 23 heavy (non-hydrogen) atoms. The number of carbonyl (C=O) groups excluding carboxylic acids is 2. The lowest BCUT2D eigenvalue weighted by Gasteiger charge is -2.36. The molecule has 0 aliphatic carbocycles. The highest BCUT2D eigenvalue weighted by Crippen LogP contribution is 2.33. The summed E-state index contributed by atoms with van der Waals surface area (Å²) in [6.07, 6.45) is -8.44. The third kappa shape index (κ3) is 4.06. The lowest BCUT2D eigenvalue weighted by Crippen LogP contribution is -2.57. The number of nitrogens with two attached hydrogens (primary N) is 1. The van der Waals surface area contributed by atoms with E-state index in [9.17, 15) is 31.5 Å². The summed E-state index contributed by atoms with van der Waals surface area (Å²) >= 11 is 0. The average molecular weight is 339 g/mol. The fraction of sp³-hybridized carbons (Fsp3) is 0.333. The molecule has 3 amide bonds. The number of benzene rings is 1. The monoisotopic (exact) mass is 339 g/mol. The van der Waals surface area contributed by atoms with Gasteiger partial charge in [0.25, 0.3) is 5.91 Å². The van der Waals surface area contributed by atoms with E-state index in [0.717, 1.165) is 18.2 Å². The molecule has 1 heterocycles. The normalized spacial score (nSPS) is 19.3. The Morgan fingerprint density at radius 1 is 1.17 bits per heavy atom. The maximum atomic E-state index is 13.3. The summed E-state index contributed by atoms with van der Waals surface area (Å²) < 4.78 is 68.7. The van der Waals surface area contributed by atoms with Crippen molar-refractivity contribution in [2.24, 2.45) is 5.73 Å². The van der Waals surface area contributed by atoms with Gasteiger partial charge in [-0.05, 0) is 18.2 Å². The number of hydrogen-bond acceptors (Lipinski definition) is 3. The van der Waals surface area contributed by atoms with E-state index in [1.165, 1.54) is 0 Å². The van der Waals surface area contributed by atoms with Gasteiger partial charge in [-0.1, -0.05) is 0 Å². The molecule has 126 valence electrons. The van der Waals surface area contributed by atoms with Crippen LogP contribution in [0.15, 0.2) is 18.2 Å². The maximum absolute atomic E-state index is 13.3. The number of primary amides is 1. The Morgan fingerprint density at radius 2 is 1.74 bits per heavy atom. The molecule has 1 aromatic rings. The van der Waals surface area contributed by atoms with E-state index in [1.54, 1.807) is 0 Å². The Morgan fingerprint density at radius 3 is 2.26 bits per heavy atom. The van der Waals surface area contributed by atoms with Gasteiger partial charge in [0, 0.05) is 5.69 Å². The number of carbonyl (C=O) groups is 2. The van der Waals surface area contributed by atoms with E-state index < -0.39 is 48.6 Å². The second-order valence-electron chi connectivity index (χ2n) is 4.72. The van der Waals surface area contributed by atoms with Crippen LogP contribution >= 0.6 is 0 Å². The Bertz CT molecular complexity index is 637. The molecule has 0 unspecified atom stereocenters. The van der Waals surface area contributed by atoms with E-state index in [1.807, 2.05) is 5.32 Å². The third-order valence-electron chi connectivity index (χ3n) is 2.82. The van der Waals surface area contributed by atoms with Crippen LogP contribution in [0.3, 0.4) is 0 Å². The van der Waals surface area contributed by atoms with Crippen LogP contribution in [0.2, 0.25) is 0 Å². The number of anilines is 1. The SMILES string of the molecule is NC(=O)c1cc(NC(=O)N2CC(F)(F)OC(F)(F)C2)ccc1F. The average Bonchev–Trinajstić information content (AvgIpc) is 2.37. The van der Waals surface area contributed by atoms with Gasteiger partial charge in [-0.25, -0.2) is 9.18 Å². The first-order valence-electron chi connectivity index (χ1n) is 6.10. The van der Waals surface area contributed by atoms with Crippen molar-refractivity contribution in [3.05, 3.63) is 29.6 Å². The van der Waals surface area contributed by atoms with Crippen molar-refractivity contribution in [3.63, 3.8) is 0 Å². The molecule has 1 fully saturated rings. The van der Waals surface area contributed by atoms with Gasteiger partial charge in [0.2, 0.25) is 0 Å². The number of rotatable bonds is 2. The molecule has 0 radical (unpaired) electrons. The summed E-state index contributed by atoms with van der Waals surface area (Å²) in [5.41, 5.74) is 4.18. The van der Waals surface area contributed by atoms with Gasteiger partial charge in [-0.3, -0.25) is 9.53 Å². The zero-order valence-electron chi connectivity index (χ0n) is 11.3. The second-order valence-corrected chi connectivity index (χ2v) is 4.72. The van der Waals surface area contributed by atoms with Crippen molar-refractivity contribution in [1.29, 1.82) is 0 Å². The van der Waals surface area contributed by atoms with Crippen molar-refractivity contribution in [1.82, 2.24) is 4.90 Å². The minimum atomic E-state index is -4.22. The molecular weight excluding hydrogens is 329 g/mol. The van der Waals surface area contributed by atoms with E-state index in [-0.39, 0.29) is 10.6 Å². The van der Waals surface area contributed by atoms with Gasteiger partial charge in [0.15, 0.2) is 0 Å². The molecule has 0 atom stereocenters. The Hall–Kier alpha value is -2.43. The largest absolute Gasteiger partial charge is 0.377 e. The van der Waals surface area contributed by atoms with Gasteiger partial charge in [0.1, 0.15) is 18.9 Å². The van der Waals surface area contributed by atoms with Crippen molar-refractivity contribution < 1.29 is 36.3 Å². The first kappa shape index (κ1) is 16.9. The summed E-state index contributed by atoms with van der Waals surface area (Å²) in [4.78, 5) is 22.9. The minimum absolute atomic E-state index is 0.136. The summed E-state index contributed by atoms with van der Waals surface area (Å²) in [5, 5.41) is 2.00. The zero-order chi connectivity index (χ0) is 17.4. The van der Waals surface area contributed by atoms with Gasteiger partial charge in [0.05, 0.1) is 5.56 Å². The fourth-order valence-corrected chi connectivity index (χ4v) is 1.92.